The summed E-state index contributed by atoms with van der Waals surface area (Å²) in [5.74, 6) is -0.746. The molecule has 116 valence electrons. The summed E-state index contributed by atoms with van der Waals surface area (Å²) in [6, 6.07) is 10.6. The quantitative estimate of drug-likeness (QED) is 0.631. The third-order valence-corrected chi connectivity index (χ3v) is 3.46. The fourth-order valence-electron chi connectivity index (χ4n) is 2.19. The second-order valence-corrected chi connectivity index (χ2v) is 4.80. The van der Waals surface area contributed by atoms with Crippen molar-refractivity contribution in [1.29, 1.82) is 0 Å². The van der Waals surface area contributed by atoms with E-state index in [2.05, 4.69) is 23.7 Å². The summed E-state index contributed by atoms with van der Waals surface area (Å²) in [5, 5.41) is 0. The average Bonchev–Trinajstić information content (AvgIpc) is 3.08. The van der Waals surface area contributed by atoms with Crippen molar-refractivity contribution >= 4 is 17.4 Å². The van der Waals surface area contributed by atoms with Gasteiger partial charge in [0, 0.05) is 25.0 Å². The van der Waals surface area contributed by atoms with Gasteiger partial charge in [-0.3, -0.25) is 4.79 Å². The number of hydrogen-bond acceptors (Lipinski definition) is 4. The van der Waals surface area contributed by atoms with Crippen LogP contribution in [0.1, 0.15) is 34.7 Å². The van der Waals surface area contributed by atoms with Crippen molar-refractivity contribution in [2.75, 3.05) is 24.6 Å². The van der Waals surface area contributed by atoms with Crippen LogP contribution in [0, 0.1) is 0 Å². The Morgan fingerprint density at radius 1 is 1.09 bits per heavy atom. The molecule has 2 rings (SSSR count). The van der Waals surface area contributed by atoms with E-state index in [0.29, 0.717) is 11.3 Å². The highest BCUT2D eigenvalue weighted by atomic mass is 16.5. The van der Waals surface area contributed by atoms with E-state index in [9.17, 15) is 9.59 Å². The van der Waals surface area contributed by atoms with Crippen molar-refractivity contribution in [2.45, 2.75) is 13.8 Å². The number of H-pyrrole nitrogens is 1. The average molecular weight is 300 g/mol. The lowest BCUT2D eigenvalue weighted by molar-refractivity contribution is 0.0473. The van der Waals surface area contributed by atoms with Gasteiger partial charge in [0.2, 0.25) is 5.78 Å². The van der Waals surface area contributed by atoms with E-state index in [1.54, 1.807) is 30.5 Å². The lowest BCUT2D eigenvalue weighted by Crippen LogP contribution is -2.21. The molecule has 0 spiro atoms. The Hall–Kier alpha value is -2.56. The Labute approximate surface area is 129 Å². The van der Waals surface area contributed by atoms with E-state index in [4.69, 9.17) is 4.74 Å². The fraction of sp³-hybridized carbons (Fsp3) is 0.294. The van der Waals surface area contributed by atoms with Crippen molar-refractivity contribution < 1.29 is 14.3 Å². The SMILES string of the molecule is CCN(CC)c1ccc(C(=O)OCC(=O)c2ccc[nH]2)cc1. The second kappa shape index (κ2) is 7.45. The molecule has 22 heavy (non-hydrogen) atoms. The smallest absolute Gasteiger partial charge is 0.338 e. The summed E-state index contributed by atoms with van der Waals surface area (Å²) in [5.41, 5.74) is 1.93. The maximum atomic E-state index is 11.9. The number of ketones is 1. The number of esters is 1. The molecule has 0 radical (unpaired) electrons. The second-order valence-electron chi connectivity index (χ2n) is 4.80. The van der Waals surface area contributed by atoms with Gasteiger partial charge in [0.1, 0.15) is 0 Å². The number of Topliss-reactive ketones (excluding diaryl/α,β-unsaturated/α-hetero) is 1. The first-order chi connectivity index (χ1) is 10.7. The molecule has 0 saturated carbocycles. The third-order valence-electron chi connectivity index (χ3n) is 3.46. The first-order valence-corrected chi connectivity index (χ1v) is 7.34. The number of hydrogen-bond donors (Lipinski definition) is 1. The van der Waals surface area contributed by atoms with Gasteiger partial charge < -0.3 is 14.6 Å². The molecule has 0 amide bonds. The molecule has 2 aromatic rings. The Kier molecular flexibility index (Phi) is 5.36. The van der Waals surface area contributed by atoms with Gasteiger partial charge in [-0.2, -0.15) is 0 Å². The van der Waals surface area contributed by atoms with Gasteiger partial charge in [-0.1, -0.05) is 0 Å². The molecular weight excluding hydrogens is 280 g/mol. The van der Waals surface area contributed by atoms with Crippen molar-refractivity contribution in [1.82, 2.24) is 4.98 Å². The summed E-state index contributed by atoms with van der Waals surface area (Å²) in [6.45, 7) is 5.71. The van der Waals surface area contributed by atoms with Crippen LogP contribution >= 0.6 is 0 Å². The number of rotatable bonds is 7. The Bertz CT molecular complexity index is 614. The number of benzene rings is 1. The number of aromatic amines is 1. The maximum Gasteiger partial charge on any atom is 0.338 e. The molecule has 1 heterocycles. The minimum Gasteiger partial charge on any atom is -0.454 e. The minimum absolute atomic E-state index is 0.252. The number of aromatic nitrogens is 1. The molecule has 0 fully saturated rings. The molecule has 1 N–H and O–H groups in total. The summed E-state index contributed by atoms with van der Waals surface area (Å²) >= 11 is 0. The first kappa shape index (κ1) is 15.8. The van der Waals surface area contributed by atoms with Crippen molar-refractivity contribution in [2.24, 2.45) is 0 Å². The Balaban J connectivity index is 1.94. The van der Waals surface area contributed by atoms with Crippen LogP contribution in [0.15, 0.2) is 42.6 Å². The third kappa shape index (κ3) is 3.75. The number of nitrogens with one attached hydrogen (secondary N) is 1. The summed E-state index contributed by atoms with van der Waals surface area (Å²) in [6.07, 6.45) is 1.65. The van der Waals surface area contributed by atoms with Crippen LogP contribution in [0.25, 0.3) is 0 Å². The number of carbonyl (C=O) groups excluding carboxylic acids is 2. The molecule has 0 aliphatic heterocycles. The topological polar surface area (TPSA) is 62.4 Å². The zero-order valence-electron chi connectivity index (χ0n) is 12.8. The Morgan fingerprint density at radius 3 is 2.32 bits per heavy atom. The van der Waals surface area contributed by atoms with Crippen molar-refractivity contribution in [3.63, 3.8) is 0 Å². The highest BCUT2D eigenvalue weighted by Gasteiger charge is 2.12. The highest BCUT2D eigenvalue weighted by molar-refractivity contribution is 5.98. The van der Waals surface area contributed by atoms with E-state index in [0.717, 1.165) is 18.8 Å². The normalized spacial score (nSPS) is 10.3. The summed E-state index contributed by atoms with van der Waals surface area (Å²) < 4.78 is 5.04. The first-order valence-electron chi connectivity index (χ1n) is 7.34. The molecule has 0 unspecified atom stereocenters. The van der Waals surface area contributed by atoms with Gasteiger partial charge in [0.25, 0.3) is 0 Å². The largest absolute Gasteiger partial charge is 0.454 e. The zero-order chi connectivity index (χ0) is 15.9. The van der Waals surface area contributed by atoms with Gasteiger partial charge in [0.05, 0.1) is 11.3 Å². The minimum atomic E-state index is -0.494. The van der Waals surface area contributed by atoms with E-state index >= 15 is 0 Å². The molecule has 0 atom stereocenters. The van der Waals surface area contributed by atoms with Gasteiger partial charge in [-0.05, 0) is 50.2 Å². The van der Waals surface area contributed by atoms with E-state index in [1.165, 1.54) is 0 Å². The van der Waals surface area contributed by atoms with E-state index in [1.807, 2.05) is 12.1 Å². The highest BCUT2D eigenvalue weighted by Crippen LogP contribution is 2.15. The molecule has 5 heteroatoms. The van der Waals surface area contributed by atoms with Crippen LogP contribution in [-0.2, 0) is 4.74 Å². The molecule has 0 saturated heterocycles. The van der Waals surface area contributed by atoms with E-state index in [-0.39, 0.29) is 12.4 Å². The van der Waals surface area contributed by atoms with Gasteiger partial charge in [-0.15, -0.1) is 0 Å². The van der Waals surface area contributed by atoms with Gasteiger partial charge in [0.15, 0.2) is 6.61 Å². The summed E-state index contributed by atoms with van der Waals surface area (Å²) in [7, 11) is 0. The van der Waals surface area contributed by atoms with Crippen LogP contribution in [0.3, 0.4) is 0 Å². The lowest BCUT2D eigenvalue weighted by atomic mass is 10.2. The maximum absolute atomic E-state index is 11.9. The van der Waals surface area contributed by atoms with Crippen LogP contribution in [0.4, 0.5) is 5.69 Å². The van der Waals surface area contributed by atoms with Gasteiger partial charge >= 0.3 is 5.97 Å². The lowest BCUT2D eigenvalue weighted by Gasteiger charge is -2.20. The molecular formula is C17H20N2O3. The number of anilines is 1. The van der Waals surface area contributed by atoms with Crippen LogP contribution in [0.2, 0.25) is 0 Å². The molecule has 0 aliphatic carbocycles. The molecule has 5 nitrogen and oxygen atoms in total. The van der Waals surface area contributed by atoms with Gasteiger partial charge in [-0.25, -0.2) is 4.79 Å². The van der Waals surface area contributed by atoms with Crippen LogP contribution < -0.4 is 4.90 Å². The standard InChI is InChI=1S/C17H20N2O3/c1-3-19(4-2)14-9-7-13(8-10-14)17(21)22-12-16(20)15-6-5-11-18-15/h5-11,18H,3-4,12H2,1-2H3. The molecule has 1 aromatic heterocycles. The number of ether oxygens (including phenoxy) is 1. The molecule has 1 aromatic carbocycles. The fourth-order valence-corrected chi connectivity index (χ4v) is 2.19. The summed E-state index contributed by atoms with van der Waals surface area (Å²) in [4.78, 5) is 28.7. The zero-order valence-corrected chi connectivity index (χ0v) is 12.8. The predicted octanol–water partition coefficient (Wildman–Crippen LogP) is 2.90. The molecule has 0 aliphatic rings. The van der Waals surface area contributed by atoms with E-state index < -0.39 is 5.97 Å². The Morgan fingerprint density at radius 2 is 1.77 bits per heavy atom. The monoisotopic (exact) mass is 300 g/mol. The van der Waals surface area contributed by atoms with Crippen molar-refractivity contribution in [3.8, 4) is 0 Å². The van der Waals surface area contributed by atoms with Crippen molar-refractivity contribution in [3.05, 3.63) is 53.9 Å². The van der Waals surface area contributed by atoms with Crippen LogP contribution in [0.5, 0.6) is 0 Å². The molecule has 0 bridgehead atoms. The number of nitrogens with zero attached hydrogens (tertiary/aromatic N) is 1. The number of carbonyl (C=O) groups is 2. The predicted molar refractivity (Wildman–Crippen MR) is 85.4 cm³/mol. The van der Waals surface area contributed by atoms with Crippen LogP contribution in [-0.4, -0.2) is 36.4 Å².